The minimum absolute atomic E-state index is 0.0212. The van der Waals surface area contributed by atoms with E-state index < -0.39 is 12.0 Å². The smallest absolute Gasteiger partial charge is 0.326 e. The number of nitrogens with zero attached hydrogens (tertiary/aromatic N) is 4. The highest BCUT2D eigenvalue weighted by Crippen LogP contribution is 2.34. The fraction of sp³-hybridized carbons (Fsp3) is 0.400. The van der Waals surface area contributed by atoms with Crippen molar-refractivity contribution in [3.63, 3.8) is 0 Å². The van der Waals surface area contributed by atoms with Crippen LogP contribution < -0.4 is 0 Å². The minimum Gasteiger partial charge on any atom is -0.480 e. The Morgan fingerprint density at radius 2 is 2.07 bits per heavy atom. The van der Waals surface area contributed by atoms with Gasteiger partial charge in [0.25, 0.3) is 5.91 Å². The monoisotopic (exact) mass is 398 g/mol. The first-order valence-electron chi connectivity index (χ1n) is 9.36. The molecule has 0 bridgehead atoms. The standard InChI is InChI=1S/C20H22N4O3S/c1-11(2)24-18-15(10-21-24)14(9-16(22-18)17-5-4-8-28-17)19(25)23(13-6-7-13)12(3)20(26)27/h4-5,8-13H,6-7H2,1-3H3,(H,26,27). The molecule has 1 aliphatic rings. The van der Waals surface area contributed by atoms with Crippen LogP contribution in [0.3, 0.4) is 0 Å². The Kier molecular flexibility index (Phi) is 4.66. The van der Waals surface area contributed by atoms with E-state index in [0.29, 0.717) is 22.3 Å². The lowest BCUT2D eigenvalue weighted by atomic mass is 10.1. The lowest BCUT2D eigenvalue weighted by Gasteiger charge is -2.27. The van der Waals surface area contributed by atoms with E-state index >= 15 is 0 Å². The van der Waals surface area contributed by atoms with Crippen LogP contribution in [0.2, 0.25) is 0 Å². The molecular formula is C20H22N4O3S. The van der Waals surface area contributed by atoms with Crippen LogP contribution in [0.25, 0.3) is 21.6 Å². The zero-order chi connectivity index (χ0) is 20.0. The summed E-state index contributed by atoms with van der Waals surface area (Å²) >= 11 is 1.55. The quantitative estimate of drug-likeness (QED) is 0.682. The molecule has 1 saturated carbocycles. The number of hydrogen-bond acceptors (Lipinski definition) is 5. The SMILES string of the molecule is CC(C(=O)O)N(C(=O)c1cc(-c2cccs2)nc2c1cnn2C(C)C)C1CC1. The molecule has 1 amide bonds. The summed E-state index contributed by atoms with van der Waals surface area (Å²) in [4.78, 5) is 32.3. The lowest BCUT2D eigenvalue weighted by Crippen LogP contribution is -2.44. The van der Waals surface area contributed by atoms with Crippen LogP contribution in [-0.2, 0) is 4.79 Å². The van der Waals surface area contributed by atoms with E-state index in [2.05, 4.69) is 5.10 Å². The van der Waals surface area contributed by atoms with Gasteiger partial charge in [-0.15, -0.1) is 11.3 Å². The van der Waals surface area contributed by atoms with Gasteiger partial charge in [-0.2, -0.15) is 5.10 Å². The molecule has 8 heteroatoms. The van der Waals surface area contributed by atoms with Gasteiger partial charge in [0.15, 0.2) is 5.65 Å². The Hall–Kier alpha value is -2.74. The van der Waals surface area contributed by atoms with Crippen LogP contribution >= 0.6 is 11.3 Å². The van der Waals surface area contributed by atoms with E-state index in [1.165, 1.54) is 4.90 Å². The van der Waals surface area contributed by atoms with Crippen molar-refractivity contribution in [1.29, 1.82) is 0 Å². The number of aliphatic carboxylic acids is 1. The lowest BCUT2D eigenvalue weighted by molar-refractivity contribution is -0.141. The van der Waals surface area contributed by atoms with Crippen molar-refractivity contribution in [3.05, 3.63) is 35.3 Å². The van der Waals surface area contributed by atoms with Crippen LogP contribution in [0.4, 0.5) is 0 Å². The molecular weight excluding hydrogens is 376 g/mol. The van der Waals surface area contributed by atoms with Crippen molar-refractivity contribution < 1.29 is 14.7 Å². The highest BCUT2D eigenvalue weighted by Gasteiger charge is 2.39. The molecule has 4 rings (SSSR count). The van der Waals surface area contributed by atoms with E-state index in [9.17, 15) is 14.7 Å². The number of carboxylic acid groups (broad SMARTS) is 1. The van der Waals surface area contributed by atoms with Gasteiger partial charge in [-0.25, -0.2) is 14.5 Å². The molecule has 7 nitrogen and oxygen atoms in total. The van der Waals surface area contributed by atoms with Gasteiger partial charge in [0.2, 0.25) is 0 Å². The Labute approximate surface area is 166 Å². The Morgan fingerprint density at radius 3 is 2.64 bits per heavy atom. The molecule has 0 radical (unpaired) electrons. The normalized spacial score (nSPS) is 15.1. The van der Waals surface area contributed by atoms with Gasteiger partial charge in [-0.3, -0.25) is 4.79 Å². The maximum atomic E-state index is 13.5. The molecule has 1 N–H and O–H groups in total. The van der Waals surface area contributed by atoms with Crippen LogP contribution in [0.1, 0.15) is 50.0 Å². The highest BCUT2D eigenvalue weighted by atomic mass is 32.1. The molecule has 3 aromatic rings. The molecule has 1 aliphatic carbocycles. The number of pyridine rings is 1. The second-order valence-corrected chi connectivity index (χ2v) is 8.36. The summed E-state index contributed by atoms with van der Waals surface area (Å²) < 4.78 is 1.80. The van der Waals surface area contributed by atoms with E-state index in [1.54, 1.807) is 35.2 Å². The Balaban J connectivity index is 1.89. The van der Waals surface area contributed by atoms with Crippen LogP contribution in [-0.4, -0.2) is 48.7 Å². The van der Waals surface area contributed by atoms with E-state index in [1.807, 2.05) is 31.4 Å². The highest BCUT2D eigenvalue weighted by molar-refractivity contribution is 7.13. The second-order valence-electron chi connectivity index (χ2n) is 7.41. The third-order valence-electron chi connectivity index (χ3n) is 5.01. The first-order chi connectivity index (χ1) is 13.4. The molecule has 3 heterocycles. The number of fused-ring (bicyclic) bond motifs is 1. The minimum atomic E-state index is -0.998. The van der Waals surface area contributed by atoms with Crippen molar-refractivity contribution in [2.75, 3.05) is 0 Å². The van der Waals surface area contributed by atoms with Crippen molar-refractivity contribution in [2.24, 2.45) is 0 Å². The molecule has 146 valence electrons. The number of hydrogen-bond donors (Lipinski definition) is 1. The van der Waals surface area contributed by atoms with Gasteiger partial charge in [0, 0.05) is 12.1 Å². The number of amides is 1. The van der Waals surface area contributed by atoms with E-state index in [-0.39, 0.29) is 18.0 Å². The van der Waals surface area contributed by atoms with Crippen LogP contribution in [0.15, 0.2) is 29.8 Å². The first-order valence-corrected chi connectivity index (χ1v) is 10.2. The van der Waals surface area contributed by atoms with Crippen molar-refractivity contribution in [3.8, 4) is 10.6 Å². The molecule has 3 aromatic heterocycles. The van der Waals surface area contributed by atoms with Gasteiger partial charge >= 0.3 is 5.97 Å². The van der Waals surface area contributed by atoms with Gasteiger partial charge in [-0.05, 0) is 51.1 Å². The molecule has 0 aliphatic heterocycles. The molecule has 1 atom stereocenters. The zero-order valence-electron chi connectivity index (χ0n) is 16.0. The second kappa shape index (κ2) is 7.01. The largest absolute Gasteiger partial charge is 0.480 e. The maximum Gasteiger partial charge on any atom is 0.326 e. The van der Waals surface area contributed by atoms with Crippen molar-refractivity contribution in [2.45, 2.75) is 51.7 Å². The Bertz CT molecular complexity index is 1040. The summed E-state index contributed by atoms with van der Waals surface area (Å²) in [5.41, 5.74) is 1.80. The van der Waals surface area contributed by atoms with Crippen molar-refractivity contribution in [1.82, 2.24) is 19.7 Å². The summed E-state index contributed by atoms with van der Waals surface area (Å²) in [5.74, 6) is -1.27. The van der Waals surface area contributed by atoms with Crippen LogP contribution in [0, 0.1) is 0 Å². The van der Waals surface area contributed by atoms with E-state index in [4.69, 9.17) is 4.98 Å². The molecule has 1 unspecified atom stereocenters. The summed E-state index contributed by atoms with van der Waals surface area (Å²) in [7, 11) is 0. The molecule has 0 saturated heterocycles. The third-order valence-corrected chi connectivity index (χ3v) is 5.90. The fourth-order valence-corrected chi connectivity index (χ4v) is 4.08. The third kappa shape index (κ3) is 3.17. The average molecular weight is 398 g/mol. The number of carboxylic acids is 1. The Morgan fingerprint density at radius 1 is 1.32 bits per heavy atom. The number of carbonyl (C=O) groups is 2. The van der Waals surface area contributed by atoms with Gasteiger partial charge in [0.05, 0.1) is 27.7 Å². The summed E-state index contributed by atoms with van der Waals surface area (Å²) in [6.45, 7) is 5.58. The topological polar surface area (TPSA) is 88.3 Å². The molecule has 1 fully saturated rings. The number of rotatable bonds is 6. The number of thiophene rings is 1. The first kappa shape index (κ1) is 18.6. The number of carbonyl (C=O) groups excluding carboxylic acids is 1. The van der Waals surface area contributed by atoms with Crippen LogP contribution in [0.5, 0.6) is 0 Å². The summed E-state index contributed by atoms with van der Waals surface area (Å²) in [5, 5.41) is 16.5. The van der Waals surface area contributed by atoms with Crippen molar-refractivity contribution >= 4 is 34.2 Å². The summed E-state index contributed by atoms with van der Waals surface area (Å²) in [6.07, 6.45) is 3.32. The van der Waals surface area contributed by atoms with Gasteiger partial charge < -0.3 is 10.0 Å². The maximum absolute atomic E-state index is 13.5. The predicted molar refractivity (Wildman–Crippen MR) is 108 cm³/mol. The van der Waals surface area contributed by atoms with Gasteiger partial charge in [0.1, 0.15) is 6.04 Å². The van der Waals surface area contributed by atoms with Gasteiger partial charge in [-0.1, -0.05) is 6.07 Å². The number of aromatic nitrogens is 3. The zero-order valence-corrected chi connectivity index (χ0v) is 16.8. The van der Waals surface area contributed by atoms with E-state index in [0.717, 1.165) is 17.7 Å². The fourth-order valence-electron chi connectivity index (χ4n) is 3.39. The molecule has 0 aromatic carbocycles. The average Bonchev–Trinajstić information content (AvgIpc) is 3.17. The summed E-state index contributed by atoms with van der Waals surface area (Å²) in [6, 6.07) is 4.86. The molecule has 28 heavy (non-hydrogen) atoms. The molecule has 0 spiro atoms. The predicted octanol–water partition coefficient (Wildman–Crippen LogP) is 3.82.